The molecule has 2 N–H and O–H groups in total. The normalized spacial score (nSPS) is 11.8. The Morgan fingerprint density at radius 1 is 0.903 bits per heavy atom. The zero-order chi connectivity index (χ0) is 23.1. The number of nitrogens with zero attached hydrogens (tertiary/aromatic N) is 1. The summed E-state index contributed by atoms with van der Waals surface area (Å²) in [5.41, 5.74) is 0.456. The molecular formula is C20H25N3O6S2. The number of amides is 2. The fourth-order valence-corrected chi connectivity index (χ4v) is 5.13. The molecule has 0 radical (unpaired) electrons. The molecule has 168 valence electrons. The van der Waals surface area contributed by atoms with Crippen molar-refractivity contribution >= 4 is 37.4 Å². The van der Waals surface area contributed by atoms with Gasteiger partial charge in [0.05, 0.1) is 22.1 Å². The molecule has 0 fully saturated rings. The third kappa shape index (κ3) is 7.16. The van der Waals surface area contributed by atoms with Gasteiger partial charge in [0.2, 0.25) is 21.8 Å². The summed E-state index contributed by atoms with van der Waals surface area (Å²) in [6.07, 6.45) is 0.198. The van der Waals surface area contributed by atoms with Gasteiger partial charge in [0, 0.05) is 26.2 Å². The van der Waals surface area contributed by atoms with Crippen LogP contribution in [0.4, 0.5) is 5.69 Å². The lowest BCUT2D eigenvalue weighted by Crippen LogP contribution is -2.38. The lowest BCUT2D eigenvalue weighted by atomic mass is 10.3. The van der Waals surface area contributed by atoms with Crippen molar-refractivity contribution in [3.05, 3.63) is 54.6 Å². The van der Waals surface area contributed by atoms with Crippen LogP contribution in [0.25, 0.3) is 0 Å². The Labute approximate surface area is 182 Å². The smallest absolute Gasteiger partial charge is 0.243 e. The number of hydrogen-bond donors (Lipinski definition) is 2. The van der Waals surface area contributed by atoms with Crippen molar-refractivity contribution in [2.45, 2.75) is 23.1 Å². The molecule has 2 aromatic rings. The average molecular weight is 468 g/mol. The van der Waals surface area contributed by atoms with Gasteiger partial charge in [-0.1, -0.05) is 18.2 Å². The van der Waals surface area contributed by atoms with Gasteiger partial charge in [-0.25, -0.2) is 16.8 Å². The van der Waals surface area contributed by atoms with Gasteiger partial charge in [-0.05, 0) is 42.8 Å². The molecule has 0 unspecified atom stereocenters. The Bertz CT molecular complexity index is 1120. The second kappa shape index (κ2) is 10.5. The van der Waals surface area contributed by atoms with Crippen LogP contribution in [-0.2, 0) is 29.4 Å². The Morgan fingerprint density at radius 2 is 1.52 bits per heavy atom. The van der Waals surface area contributed by atoms with Gasteiger partial charge in [-0.2, -0.15) is 4.31 Å². The first kappa shape index (κ1) is 24.5. The van der Waals surface area contributed by atoms with Gasteiger partial charge in [0.25, 0.3) is 0 Å². The lowest BCUT2D eigenvalue weighted by Gasteiger charge is -2.17. The van der Waals surface area contributed by atoms with Crippen molar-refractivity contribution in [1.29, 1.82) is 0 Å². The first-order valence-corrected chi connectivity index (χ1v) is 12.5. The number of hydrogen-bond acceptors (Lipinski definition) is 6. The highest BCUT2D eigenvalue weighted by atomic mass is 32.2. The van der Waals surface area contributed by atoms with Crippen LogP contribution in [-0.4, -0.2) is 58.8 Å². The predicted molar refractivity (Wildman–Crippen MR) is 117 cm³/mol. The van der Waals surface area contributed by atoms with Crippen LogP contribution in [0.5, 0.6) is 0 Å². The summed E-state index contributed by atoms with van der Waals surface area (Å²) in [5.74, 6) is -0.953. The summed E-state index contributed by atoms with van der Waals surface area (Å²) in [6, 6.07) is 13.6. The fraction of sp³-hybridized carbons (Fsp3) is 0.300. The fourth-order valence-electron chi connectivity index (χ4n) is 2.67. The summed E-state index contributed by atoms with van der Waals surface area (Å²) >= 11 is 0. The van der Waals surface area contributed by atoms with Gasteiger partial charge in [0.15, 0.2) is 9.84 Å². The number of rotatable bonds is 10. The van der Waals surface area contributed by atoms with E-state index in [0.717, 1.165) is 4.31 Å². The quantitative estimate of drug-likeness (QED) is 0.506. The molecule has 0 aliphatic rings. The zero-order valence-corrected chi connectivity index (χ0v) is 18.9. The number of sulfone groups is 1. The first-order valence-electron chi connectivity index (χ1n) is 9.41. The molecule has 2 rings (SSSR count). The molecule has 9 nitrogen and oxygen atoms in total. The molecule has 0 atom stereocenters. The van der Waals surface area contributed by atoms with E-state index < -0.39 is 32.3 Å². The summed E-state index contributed by atoms with van der Waals surface area (Å²) in [4.78, 5) is 23.3. The van der Waals surface area contributed by atoms with Crippen molar-refractivity contribution in [2.24, 2.45) is 0 Å². The number of benzene rings is 2. The molecule has 0 saturated heterocycles. The second-order valence-corrected chi connectivity index (χ2v) is 11.0. The van der Waals surface area contributed by atoms with Crippen LogP contribution in [0.1, 0.15) is 13.3 Å². The minimum absolute atomic E-state index is 0.0224. The molecule has 0 spiro atoms. The predicted octanol–water partition coefficient (Wildman–Crippen LogP) is 1.25. The molecule has 31 heavy (non-hydrogen) atoms. The van der Waals surface area contributed by atoms with E-state index in [1.165, 1.54) is 50.4 Å². The number of carbonyl (C=O) groups excluding carboxylic acids is 2. The third-order valence-electron chi connectivity index (χ3n) is 4.26. The molecule has 0 saturated carbocycles. The van der Waals surface area contributed by atoms with Crippen LogP contribution in [0.2, 0.25) is 0 Å². The maximum Gasteiger partial charge on any atom is 0.243 e. The second-order valence-electron chi connectivity index (χ2n) is 6.80. The monoisotopic (exact) mass is 467 g/mol. The molecular weight excluding hydrogens is 442 g/mol. The summed E-state index contributed by atoms with van der Waals surface area (Å²) in [7, 11) is -6.07. The van der Waals surface area contributed by atoms with Crippen LogP contribution in [0.15, 0.2) is 64.4 Å². The van der Waals surface area contributed by atoms with Crippen molar-refractivity contribution in [2.75, 3.05) is 31.2 Å². The van der Waals surface area contributed by atoms with Gasteiger partial charge >= 0.3 is 0 Å². The topological polar surface area (TPSA) is 130 Å². The van der Waals surface area contributed by atoms with E-state index in [2.05, 4.69) is 10.6 Å². The maximum absolute atomic E-state index is 12.6. The van der Waals surface area contributed by atoms with E-state index in [0.29, 0.717) is 5.69 Å². The number of sulfonamides is 1. The largest absolute Gasteiger partial charge is 0.355 e. The Balaban J connectivity index is 1.85. The maximum atomic E-state index is 12.6. The van der Waals surface area contributed by atoms with E-state index in [-0.39, 0.29) is 34.4 Å². The molecule has 0 aromatic heterocycles. The molecule has 0 bridgehead atoms. The summed E-state index contributed by atoms with van der Waals surface area (Å²) in [6.45, 7) is 1.03. The Morgan fingerprint density at radius 3 is 2.10 bits per heavy atom. The highest BCUT2D eigenvalue weighted by molar-refractivity contribution is 7.91. The highest BCUT2D eigenvalue weighted by Gasteiger charge is 2.23. The van der Waals surface area contributed by atoms with E-state index in [4.69, 9.17) is 0 Å². The van der Waals surface area contributed by atoms with Crippen LogP contribution in [0.3, 0.4) is 0 Å². The molecule has 11 heteroatoms. The van der Waals surface area contributed by atoms with Crippen LogP contribution in [0, 0.1) is 0 Å². The SMILES string of the molecule is CC(=O)Nc1ccc(S(=O)(=O)N(C)CC(=O)NCCCS(=O)(=O)c2ccccc2)cc1. The number of likely N-dealkylation sites (N-methyl/N-ethyl adjacent to an activating group) is 1. The summed E-state index contributed by atoms with van der Waals surface area (Å²) < 4.78 is 50.5. The molecule has 2 aromatic carbocycles. The Hall–Kier alpha value is -2.76. The minimum Gasteiger partial charge on any atom is -0.355 e. The highest BCUT2D eigenvalue weighted by Crippen LogP contribution is 2.17. The van der Waals surface area contributed by atoms with E-state index in [9.17, 15) is 26.4 Å². The van der Waals surface area contributed by atoms with E-state index in [1.807, 2.05) is 0 Å². The lowest BCUT2D eigenvalue weighted by molar-refractivity contribution is -0.121. The number of nitrogens with one attached hydrogen (secondary N) is 2. The van der Waals surface area contributed by atoms with Crippen molar-refractivity contribution in [3.63, 3.8) is 0 Å². The molecule has 0 aliphatic heterocycles. The average Bonchev–Trinajstić information content (AvgIpc) is 2.72. The molecule has 0 heterocycles. The number of carbonyl (C=O) groups is 2. The van der Waals surface area contributed by atoms with Crippen LogP contribution < -0.4 is 10.6 Å². The van der Waals surface area contributed by atoms with Gasteiger partial charge in [-0.3, -0.25) is 9.59 Å². The third-order valence-corrected chi connectivity index (χ3v) is 7.90. The summed E-state index contributed by atoms with van der Waals surface area (Å²) in [5, 5.41) is 5.08. The van der Waals surface area contributed by atoms with E-state index in [1.54, 1.807) is 18.2 Å². The van der Waals surface area contributed by atoms with Gasteiger partial charge in [0.1, 0.15) is 0 Å². The molecule has 2 amide bonds. The number of anilines is 1. The standard InChI is InChI=1S/C20H25N3O6S2/c1-16(24)22-17-9-11-19(12-10-17)31(28,29)23(2)15-20(25)21-13-6-14-30(26,27)18-7-4-3-5-8-18/h3-5,7-12H,6,13-15H2,1-2H3,(H,21,25)(H,22,24). The minimum atomic E-state index is -3.91. The Kier molecular flexibility index (Phi) is 8.31. The van der Waals surface area contributed by atoms with Gasteiger partial charge < -0.3 is 10.6 Å². The molecule has 0 aliphatic carbocycles. The first-order chi connectivity index (χ1) is 14.5. The van der Waals surface area contributed by atoms with Gasteiger partial charge in [-0.15, -0.1) is 0 Å². The van der Waals surface area contributed by atoms with E-state index >= 15 is 0 Å². The van der Waals surface area contributed by atoms with Crippen molar-refractivity contribution in [1.82, 2.24) is 9.62 Å². The van der Waals surface area contributed by atoms with Crippen molar-refractivity contribution < 1.29 is 26.4 Å². The zero-order valence-electron chi connectivity index (χ0n) is 17.2. The van der Waals surface area contributed by atoms with Crippen molar-refractivity contribution in [3.8, 4) is 0 Å². The van der Waals surface area contributed by atoms with Crippen LogP contribution >= 0.6 is 0 Å².